The van der Waals surface area contributed by atoms with Crippen LogP contribution in [0, 0.1) is 0 Å². The van der Waals surface area contributed by atoms with E-state index < -0.39 is 5.41 Å². The number of fused-ring (bicyclic) bond motifs is 7. The molecule has 3 nitrogen and oxygen atoms in total. The van der Waals surface area contributed by atoms with Crippen molar-refractivity contribution in [1.82, 2.24) is 15.0 Å². The maximum absolute atomic E-state index is 5.33. The highest BCUT2D eigenvalue weighted by molar-refractivity contribution is 6.20. The average Bonchev–Trinajstić information content (AvgIpc) is 3.71. The Morgan fingerprint density at radius 3 is 1.51 bits per heavy atom. The third-order valence-electron chi connectivity index (χ3n) is 13.8. The molecule has 12 aromatic rings. The van der Waals surface area contributed by atoms with Crippen molar-refractivity contribution in [3.05, 3.63) is 271 Å². The predicted molar refractivity (Wildman–Crippen MR) is 277 cm³/mol. The lowest BCUT2D eigenvalue weighted by Gasteiger charge is -2.33. The Kier molecular flexibility index (Phi) is 9.07. The number of nitrogens with zero attached hydrogens (tertiary/aromatic N) is 3. The molecule has 0 aliphatic heterocycles. The van der Waals surface area contributed by atoms with E-state index in [-0.39, 0.29) is 0 Å². The van der Waals surface area contributed by atoms with Gasteiger partial charge in [-0.2, -0.15) is 0 Å². The van der Waals surface area contributed by atoms with Crippen LogP contribution in [0.25, 0.3) is 99.9 Å². The first kappa shape index (κ1) is 38.6. The molecule has 0 amide bonds. The molecular formula is C64H41N3. The van der Waals surface area contributed by atoms with Crippen molar-refractivity contribution < 1.29 is 0 Å². The third kappa shape index (κ3) is 6.31. The Bertz CT molecular complexity index is 3800. The number of hydrogen-bond acceptors (Lipinski definition) is 3. The van der Waals surface area contributed by atoms with Crippen molar-refractivity contribution in [2.45, 2.75) is 5.41 Å². The summed E-state index contributed by atoms with van der Waals surface area (Å²) >= 11 is 0. The summed E-state index contributed by atoms with van der Waals surface area (Å²) in [6.07, 6.45) is 0. The largest absolute Gasteiger partial charge is 0.208 e. The van der Waals surface area contributed by atoms with Gasteiger partial charge in [0.2, 0.25) is 0 Å². The molecule has 0 spiro atoms. The molecule has 1 aliphatic carbocycles. The van der Waals surface area contributed by atoms with Gasteiger partial charge in [-0.1, -0.05) is 231 Å². The molecule has 0 saturated carbocycles. The van der Waals surface area contributed by atoms with Gasteiger partial charge in [-0.15, -0.1) is 0 Å². The molecule has 67 heavy (non-hydrogen) atoms. The minimum Gasteiger partial charge on any atom is -0.208 e. The third-order valence-corrected chi connectivity index (χ3v) is 13.8. The summed E-state index contributed by atoms with van der Waals surface area (Å²) in [5, 5.41) is 7.42. The van der Waals surface area contributed by atoms with E-state index >= 15 is 0 Å². The van der Waals surface area contributed by atoms with Gasteiger partial charge in [0.15, 0.2) is 17.5 Å². The molecule has 1 aromatic heterocycles. The molecule has 3 heteroatoms. The average molecular weight is 852 g/mol. The number of aromatic nitrogens is 3. The lowest BCUT2D eigenvalue weighted by atomic mass is 9.67. The van der Waals surface area contributed by atoms with Crippen LogP contribution in [0.3, 0.4) is 0 Å². The molecule has 0 atom stereocenters. The maximum Gasteiger partial charge on any atom is 0.164 e. The van der Waals surface area contributed by atoms with Crippen LogP contribution < -0.4 is 0 Å². The normalized spacial score (nSPS) is 12.6. The first-order valence-electron chi connectivity index (χ1n) is 22.9. The van der Waals surface area contributed by atoms with E-state index in [9.17, 15) is 0 Å². The van der Waals surface area contributed by atoms with Crippen LogP contribution in [0.1, 0.15) is 22.3 Å². The second kappa shape index (κ2) is 15.7. The smallest absolute Gasteiger partial charge is 0.164 e. The first-order chi connectivity index (χ1) is 33.2. The Hall–Kier alpha value is -8.79. The summed E-state index contributed by atoms with van der Waals surface area (Å²) in [7, 11) is 0. The Morgan fingerprint density at radius 1 is 0.254 bits per heavy atom. The molecule has 0 unspecified atom stereocenters. The van der Waals surface area contributed by atoms with E-state index in [0.29, 0.717) is 17.5 Å². The lowest BCUT2D eigenvalue weighted by molar-refractivity contribution is 0.768. The zero-order valence-electron chi connectivity index (χ0n) is 36.5. The Morgan fingerprint density at radius 2 is 0.776 bits per heavy atom. The number of hydrogen-bond donors (Lipinski definition) is 0. The summed E-state index contributed by atoms with van der Waals surface area (Å²) in [6, 6.07) is 89.5. The fraction of sp³-hybridized carbons (Fsp3) is 0.0156. The van der Waals surface area contributed by atoms with Crippen molar-refractivity contribution in [1.29, 1.82) is 0 Å². The minimum absolute atomic E-state index is 0.496. The van der Waals surface area contributed by atoms with Crippen molar-refractivity contribution in [2.75, 3.05) is 0 Å². The van der Waals surface area contributed by atoms with Crippen LogP contribution in [-0.4, -0.2) is 15.0 Å². The van der Waals surface area contributed by atoms with E-state index in [4.69, 9.17) is 15.0 Å². The minimum atomic E-state index is -0.496. The fourth-order valence-corrected chi connectivity index (χ4v) is 10.7. The molecule has 11 aromatic carbocycles. The summed E-state index contributed by atoms with van der Waals surface area (Å²) < 4.78 is 0. The Balaban J connectivity index is 0.988. The van der Waals surface area contributed by atoms with Crippen LogP contribution in [0.2, 0.25) is 0 Å². The van der Waals surface area contributed by atoms with Gasteiger partial charge in [-0.3, -0.25) is 0 Å². The zero-order valence-corrected chi connectivity index (χ0v) is 36.5. The van der Waals surface area contributed by atoms with Crippen LogP contribution >= 0.6 is 0 Å². The topological polar surface area (TPSA) is 38.7 Å². The van der Waals surface area contributed by atoms with Crippen LogP contribution in [0.4, 0.5) is 0 Å². The van der Waals surface area contributed by atoms with Gasteiger partial charge in [0.05, 0.1) is 5.41 Å². The van der Waals surface area contributed by atoms with Gasteiger partial charge < -0.3 is 0 Å². The summed E-state index contributed by atoms with van der Waals surface area (Å²) in [4.78, 5) is 15.9. The van der Waals surface area contributed by atoms with E-state index in [0.717, 1.165) is 33.4 Å². The fourth-order valence-electron chi connectivity index (χ4n) is 10.7. The Labute approximate surface area is 389 Å². The van der Waals surface area contributed by atoms with Crippen molar-refractivity contribution >= 4 is 32.3 Å². The van der Waals surface area contributed by atoms with Gasteiger partial charge in [0, 0.05) is 16.7 Å². The van der Waals surface area contributed by atoms with Gasteiger partial charge >= 0.3 is 0 Å². The van der Waals surface area contributed by atoms with Gasteiger partial charge in [-0.05, 0) is 106 Å². The number of benzene rings is 11. The molecule has 0 radical (unpaired) electrons. The van der Waals surface area contributed by atoms with Crippen molar-refractivity contribution in [3.63, 3.8) is 0 Å². The molecular weight excluding hydrogens is 811 g/mol. The molecule has 13 rings (SSSR count). The standard InChI is InChI=1S/C64H41N3/c1-4-17-42(18-5-1)46-21-16-22-48(39-46)62-65-61(45-33-31-44(32-34-45)60-53-28-13-11-20-47(53)40-56-52-27-12-10-19-43(52)35-37-55(56)60)66-63(67-62)49-36-38-59-57(41-49)54-29-14-15-30-58(54)64(59,50-23-6-2-7-24-50)51-25-8-3-9-26-51/h1-41H. The molecule has 0 bridgehead atoms. The highest BCUT2D eigenvalue weighted by atomic mass is 15.0. The van der Waals surface area contributed by atoms with Gasteiger partial charge in [0.1, 0.15) is 0 Å². The predicted octanol–water partition coefficient (Wildman–Crippen LogP) is 16.0. The lowest BCUT2D eigenvalue weighted by Crippen LogP contribution is -2.28. The second-order valence-corrected chi connectivity index (χ2v) is 17.5. The number of rotatable bonds is 7. The molecule has 312 valence electrons. The van der Waals surface area contributed by atoms with Crippen LogP contribution in [-0.2, 0) is 5.41 Å². The van der Waals surface area contributed by atoms with Crippen LogP contribution in [0.5, 0.6) is 0 Å². The van der Waals surface area contributed by atoms with E-state index in [1.54, 1.807) is 0 Å². The molecule has 1 aliphatic rings. The second-order valence-electron chi connectivity index (χ2n) is 17.5. The molecule has 0 N–H and O–H groups in total. The monoisotopic (exact) mass is 851 g/mol. The molecule has 0 saturated heterocycles. The highest BCUT2D eigenvalue weighted by Gasteiger charge is 2.46. The van der Waals surface area contributed by atoms with E-state index in [1.165, 1.54) is 71.3 Å². The van der Waals surface area contributed by atoms with Gasteiger partial charge in [-0.25, -0.2) is 15.0 Å². The highest BCUT2D eigenvalue weighted by Crippen LogP contribution is 2.56. The summed E-state index contributed by atoms with van der Waals surface area (Å²) in [6.45, 7) is 0. The van der Waals surface area contributed by atoms with E-state index in [2.05, 4.69) is 243 Å². The van der Waals surface area contributed by atoms with E-state index in [1.807, 2.05) is 6.07 Å². The molecule has 0 fully saturated rings. The van der Waals surface area contributed by atoms with Crippen LogP contribution in [0.15, 0.2) is 249 Å². The quantitative estimate of drug-likeness (QED) is 0.118. The maximum atomic E-state index is 5.33. The zero-order chi connectivity index (χ0) is 44.3. The van der Waals surface area contributed by atoms with Gasteiger partial charge in [0.25, 0.3) is 0 Å². The summed E-state index contributed by atoms with van der Waals surface area (Å²) in [5.74, 6) is 1.87. The molecule has 1 heterocycles. The van der Waals surface area contributed by atoms with Crippen molar-refractivity contribution in [3.8, 4) is 67.5 Å². The SMILES string of the molecule is c1ccc(-c2cccc(-c3nc(-c4ccc(-c5c6ccccc6cc6c5ccc5ccccc56)cc4)nc(-c4ccc5c(c4)-c4ccccc4C5(c4ccccc4)c4ccccc4)n3)c2)cc1. The van der Waals surface area contributed by atoms with Crippen molar-refractivity contribution in [2.24, 2.45) is 0 Å². The first-order valence-corrected chi connectivity index (χ1v) is 22.9. The summed E-state index contributed by atoms with van der Waals surface area (Å²) in [5.41, 5.74) is 14.2.